The van der Waals surface area contributed by atoms with Crippen LogP contribution in [0, 0.1) is 0 Å². The summed E-state index contributed by atoms with van der Waals surface area (Å²) < 4.78 is 16.4. The topological polar surface area (TPSA) is 34.2 Å². The number of anilines is 2. The average Bonchev–Trinajstić information content (AvgIpc) is 3.24. The molecule has 0 bridgehead atoms. The molecular weight excluding hydrogens is 364 g/mol. The summed E-state index contributed by atoms with van der Waals surface area (Å²) in [5, 5.41) is 0. The van der Waals surface area contributed by atoms with E-state index in [-0.39, 0.29) is 6.17 Å². The van der Waals surface area contributed by atoms with Crippen LogP contribution in [0.15, 0.2) is 72.8 Å². The van der Waals surface area contributed by atoms with Crippen molar-refractivity contribution < 1.29 is 14.2 Å². The summed E-state index contributed by atoms with van der Waals surface area (Å²) in [6.45, 7) is 1.81. The van der Waals surface area contributed by atoms with Gasteiger partial charge in [0, 0.05) is 30.0 Å². The molecule has 29 heavy (non-hydrogen) atoms. The minimum atomic E-state index is 0.0212. The summed E-state index contributed by atoms with van der Waals surface area (Å²) in [6.07, 6.45) is 0.0212. The molecule has 1 saturated heterocycles. The van der Waals surface area contributed by atoms with E-state index < -0.39 is 0 Å². The van der Waals surface area contributed by atoms with Crippen LogP contribution in [0.3, 0.4) is 0 Å². The van der Waals surface area contributed by atoms with Crippen molar-refractivity contribution in [2.75, 3.05) is 44.2 Å². The Kier molecular flexibility index (Phi) is 5.47. The third-order valence-corrected chi connectivity index (χ3v) is 5.40. The number of nitrogens with zero attached hydrogens (tertiary/aromatic N) is 2. The predicted octanol–water partition coefficient (Wildman–Crippen LogP) is 4.74. The molecule has 3 aromatic carbocycles. The third kappa shape index (κ3) is 3.68. The maximum Gasteiger partial charge on any atom is 0.132 e. The number of ether oxygens (including phenoxy) is 3. The van der Waals surface area contributed by atoms with Crippen LogP contribution in [0.5, 0.6) is 17.2 Å². The molecule has 1 aliphatic rings. The van der Waals surface area contributed by atoms with Crippen LogP contribution in [-0.4, -0.2) is 34.4 Å². The Bertz CT molecular complexity index is 886. The molecule has 0 aromatic heterocycles. The SMILES string of the molecule is COc1ccc(N2CCN(c3ccc(OC)cc3)C2c2ccccc2OC)cc1. The van der Waals surface area contributed by atoms with Crippen molar-refractivity contribution in [2.45, 2.75) is 6.17 Å². The summed E-state index contributed by atoms with van der Waals surface area (Å²) in [4.78, 5) is 4.81. The second kappa shape index (κ2) is 8.35. The van der Waals surface area contributed by atoms with E-state index in [4.69, 9.17) is 14.2 Å². The molecule has 0 spiro atoms. The molecule has 1 heterocycles. The van der Waals surface area contributed by atoms with Gasteiger partial charge in [0.15, 0.2) is 0 Å². The van der Waals surface area contributed by atoms with Crippen LogP contribution >= 0.6 is 0 Å². The Morgan fingerprint density at radius 1 is 0.621 bits per heavy atom. The molecule has 0 unspecified atom stereocenters. The van der Waals surface area contributed by atoms with Crippen molar-refractivity contribution in [3.05, 3.63) is 78.4 Å². The Hall–Kier alpha value is -3.34. The number of para-hydroxylation sites is 1. The third-order valence-electron chi connectivity index (χ3n) is 5.40. The minimum absolute atomic E-state index is 0.0212. The van der Waals surface area contributed by atoms with Crippen molar-refractivity contribution in [1.82, 2.24) is 0 Å². The molecule has 1 fully saturated rings. The van der Waals surface area contributed by atoms with Crippen molar-refractivity contribution in [3.63, 3.8) is 0 Å². The Morgan fingerprint density at radius 2 is 1.10 bits per heavy atom. The van der Waals surface area contributed by atoms with Crippen molar-refractivity contribution in [1.29, 1.82) is 0 Å². The summed E-state index contributed by atoms with van der Waals surface area (Å²) in [7, 11) is 5.10. The Labute approximate surface area is 172 Å². The first kappa shape index (κ1) is 19.0. The van der Waals surface area contributed by atoms with E-state index in [1.54, 1.807) is 21.3 Å². The zero-order chi connectivity index (χ0) is 20.2. The van der Waals surface area contributed by atoms with Gasteiger partial charge in [-0.1, -0.05) is 18.2 Å². The molecule has 0 atom stereocenters. The van der Waals surface area contributed by atoms with Gasteiger partial charge < -0.3 is 24.0 Å². The van der Waals surface area contributed by atoms with Gasteiger partial charge in [-0.15, -0.1) is 0 Å². The van der Waals surface area contributed by atoms with Gasteiger partial charge in [0.05, 0.1) is 21.3 Å². The molecule has 5 nitrogen and oxygen atoms in total. The van der Waals surface area contributed by atoms with E-state index in [2.05, 4.69) is 46.2 Å². The van der Waals surface area contributed by atoms with Gasteiger partial charge in [0.25, 0.3) is 0 Å². The summed E-state index contributed by atoms with van der Waals surface area (Å²) in [5.41, 5.74) is 3.44. The molecule has 0 aliphatic carbocycles. The standard InChI is InChI=1S/C24H26N2O3/c1-27-20-12-8-18(9-13-20)25-16-17-26(19-10-14-21(28-2)15-11-19)24(25)22-6-4-5-7-23(22)29-3/h4-15,24H,16-17H2,1-3H3. The fraction of sp³-hybridized carbons (Fsp3) is 0.250. The van der Waals surface area contributed by atoms with E-state index >= 15 is 0 Å². The van der Waals surface area contributed by atoms with Gasteiger partial charge >= 0.3 is 0 Å². The zero-order valence-corrected chi connectivity index (χ0v) is 17.0. The lowest BCUT2D eigenvalue weighted by atomic mass is 10.1. The van der Waals surface area contributed by atoms with Crippen molar-refractivity contribution in [3.8, 4) is 17.2 Å². The van der Waals surface area contributed by atoms with E-state index in [0.29, 0.717) is 0 Å². The smallest absolute Gasteiger partial charge is 0.132 e. The van der Waals surface area contributed by atoms with Gasteiger partial charge in [0.1, 0.15) is 23.4 Å². The molecule has 150 valence electrons. The zero-order valence-electron chi connectivity index (χ0n) is 17.0. The first-order valence-electron chi connectivity index (χ1n) is 9.69. The quantitative estimate of drug-likeness (QED) is 0.607. The van der Waals surface area contributed by atoms with E-state index in [1.165, 1.54) is 0 Å². The van der Waals surface area contributed by atoms with E-state index in [9.17, 15) is 0 Å². The fourth-order valence-electron chi connectivity index (χ4n) is 3.93. The number of benzene rings is 3. The van der Waals surface area contributed by atoms with Gasteiger partial charge in [-0.25, -0.2) is 0 Å². The van der Waals surface area contributed by atoms with E-state index in [1.807, 2.05) is 36.4 Å². The van der Waals surface area contributed by atoms with Crippen LogP contribution in [0.25, 0.3) is 0 Å². The maximum absolute atomic E-state index is 5.71. The first-order chi connectivity index (χ1) is 14.2. The minimum Gasteiger partial charge on any atom is -0.497 e. The number of hydrogen-bond acceptors (Lipinski definition) is 5. The lowest BCUT2D eigenvalue weighted by Crippen LogP contribution is -2.31. The first-order valence-corrected chi connectivity index (χ1v) is 9.69. The maximum atomic E-state index is 5.71. The summed E-state index contributed by atoms with van der Waals surface area (Å²) in [5.74, 6) is 2.60. The fourth-order valence-corrected chi connectivity index (χ4v) is 3.93. The molecule has 0 saturated carbocycles. The molecular formula is C24H26N2O3. The Balaban J connectivity index is 1.76. The predicted molar refractivity (Wildman–Crippen MR) is 116 cm³/mol. The Morgan fingerprint density at radius 3 is 1.55 bits per heavy atom. The summed E-state index contributed by atoms with van der Waals surface area (Å²) >= 11 is 0. The highest BCUT2D eigenvalue weighted by Gasteiger charge is 2.35. The van der Waals surface area contributed by atoms with Gasteiger partial charge in [-0.05, 0) is 54.6 Å². The molecule has 4 rings (SSSR count). The lowest BCUT2D eigenvalue weighted by Gasteiger charge is -2.34. The van der Waals surface area contributed by atoms with Crippen LogP contribution in [0.4, 0.5) is 11.4 Å². The highest BCUT2D eigenvalue weighted by molar-refractivity contribution is 5.61. The second-order valence-electron chi connectivity index (χ2n) is 6.90. The van der Waals surface area contributed by atoms with Gasteiger partial charge in [-0.3, -0.25) is 0 Å². The number of methoxy groups -OCH3 is 3. The lowest BCUT2D eigenvalue weighted by molar-refractivity contribution is 0.405. The van der Waals surface area contributed by atoms with Crippen molar-refractivity contribution in [2.24, 2.45) is 0 Å². The molecule has 3 aromatic rings. The van der Waals surface area contributed by atoms with Gasteiger partial charge in [-0.2, -0.15) is 0 Å². The number of rotatable bonds is 6. The van der Waals surface area contributed by atoms with Crippen LogP contribution in [0.1, 0.15) is 11.7 Å². The molecule has 0 radical (unpaired) electrons. The number of hydrogen-bond donors (Lipinski definition) is 0. The average molecular weight is 390 g/mol. The van der Waals surface area contributed by atoms with Crippen LogP contribution < -0.4 is 24.0 Å². The largest absolute Gasteiger partial charge is 0.497 e. The highest BCUT2D eigenvalue weighted by atomic mass is 16.5. The van der Waals surface area contributed by atoms with Crippen LogP contribution in [-0.2, 0) is 0 Å². The molecule has 0 amide bonds. The van der Waals surface area contributed by atoms with E-state index in [0.717, 1.165) is 47.3 Å². The van der Waals surface area contributed by atoms with Gasteiger partial charge in [0.2, 0.25) is 0 Å². The normalized spacial score (nSPS) is 14.2. The highest BCUT2D eigenvalue weighted by Crippen LogP contribution is 2.41. The van der Waals surface area contributed by atoms with Crippen molar-refractivity contribution >= 4 is 11.4 Å². The monoisotopic (exact) mass is 390 g/mol. The summed E-state index contributed by atoms with van der Waals surface area (Å²) in [6, 6.07) is 24.7. The molecule has 0 N–H and O–H groups in total. The molecule has 1 aliphatic heterocycles. The second-order valence-corrected chi connectivity index (χ2v) is 6.90. The van der Waals surface area contributed by atoms with Crippen LogP contribution in [0.2, 0.25) is 0 Å². The molecule has 5 heteroatoms.